The van der Waals surface area contributed by atoms with Gasteiger partial charge in [-0.1, -0.05) is 29.8 Å². The standard InChI is InChI=1S/C17H14ClNO3/c18-14-3-1-2-4-16(14)22-10-9-19-8-7-12-5-6-13(17(20)21)11-15(12)19/h1-8,11H,9-10H2,(H,20,21). The number of para-hydroxylation sites is 1. The van der Waals surface area contributed by atoms with Gasteiger partial charge in [0, 0.05) is 11.7 Å². The third-order valence-electron chi connectivity index (χ3n) is 3.45. The molecule has 0 aliphatic carbocycles. The Morgan fingerprint density at radius 2 is 2.00 bits per heavy atom. The predicted molar refractivity (Wildman–Crippen MR) is 85.8 cm³/mol. The Hall–Kier alpha value is -2.46. The second-order valence-electron chi connectivity index (χ2n) is 4.87. The van der Waals surface area contributed by atoms with Crippen LogP contribution in [-0.4, -0.2) is 22.2 Å². The summed E-state index contributed by atoms with van der Waals surface area (Å²) in [5.41, 5.74) is 1.15. The Balaban J connectivity index is 1.75. The first-order valence-electron chi connectivity index (χ1n) is 6.84. The largest absolute Gasteiger partial charge is 0.490 e. The molecular formula is C17H14ClNO3. The monoisotopic (exact) mass is 315 g/mol. The van der Waals surface area contributed by atoms with Crippen LogP contribution < -0.4 is 4.74 Å². The number of nitrogens with zero attached hydrogens (tertiary/aromatic N) is 1. The number of halogens is 1. The highest BCUT2D eigenvalue weighted by Gasteiger charge is 2.07. The lowest BCUT2D eigenvalue weighted by molar-refractivity contribution is 0.0697. The molecule has 112 valence electrons. The van der Waals surface area contributed by atoms with Crippen LogP contribution in [0.4, 0.5) is 0 Å². The van der Waals surface area contributed by atoms with E-state index >= 15 is 0 Å². The Morgan fingerprint density at radius 1 is 1.18 bits per heavy atom. The number of carboxylic acids is 1. The summed E-state index contributed by atoms with van der Waals surface area (Å²) >= 11 is 6.04. The van der Waals surface area contributed by atoms with E-state index in [9.17, 15) is 4.79 Å². The number of aromatic carboxylic acids is 1. The number of aromatic nitrogens is 1. The van der Waals surface area contributed by atoms with E-state index < -0.39 is 5.97 Å². The molecule has 0 atom stereocenters. The van der Waals surface area contributed by atoms with Gasteiger partial charge >= 0.3 is 5.97 Å². The van der Waals surface area contributed by atoms with Crippen LogP contribution in [0.2, 0.25) is 5.02 Å². The van der Waals surface area contributed by atoms with Gasteiger partial charge in [-0.25, -0.2) is 4.79 Å². The average Bonchev–Trinajstić information content (AvgIpc) is 2.91. The highest BCUT2D eigenvalue weighted by molar-refractivity contribution is 6.32. The fourth-order valence-electron chi connectivity index (χ4n) is 2.33. The Labute approximate surface area is 132 Å². The number of carbonyl (C=O) groups is 1. The molecule has 1 heterocycles. The minimum atomic E-state index is -0.929. The third-order valence-corrected chi connectivity index (χ3v) is 3.76. The lowest BCUT2D eigenvalue weighted by Crippen LogP contribution is -2.07. The molecule has 4 nitrogen and oxygen atoms in total. The van der Waals surface area contributed by atoms with Gasteiger partial charge < -0.3 is 14.4 Å². The van der Waals surface area contributed by atoms with Crippen molar-refractivity contribution in [2.24, 2.45) is 0 Å². The molecule has 1 N–H and O–H groups in total. The molecule has 0 amide bonds. The zero-order valence-corrected chi connectivity index (χ0v) is 12.5. The van der Waals surface area contributed by atoms with E-state index in [1.807, 2.05) is 41.1 Å². The van der Waals surface area contributed by atoms with Gasteiger partial charge in [0.15, 0.2) is 0 Å². The molecule has 0 fully saturated rings. The van der Waals surface area contributed by atoms with E-state index in [1.54, 1.807) is 18.2 Å². The molecule has 0 unspecified atom stereocenters. The Morgan fingerprint density at radius 3 is 2.77 bits per heavy atom. The SMILES string of the molecule is O=C(O)c1ccc2ccn(CCOc3ccccc3Cl)c2c1. The van der Waals surface area contributed by atoms with E-state index in [0.717, 1.165) is 10.9 Å². The molecule has 0 saturated heterocycles. The summed E-state index contributed by atoms with van der Waals surface area (Å²) in [5.74, 6) is -0.283. The first-order valence-corrected chi connectivity index (χ1v) is 7.22. The average molecular weight is 316 g/mol. The van der Waals surface area contributed by atoms with Crippen molar-refractivity contribution in [1.29, 1.82) is 0 Å². The second kappa shape index (κ2) is 6.12. The third kappa shape index (κ3) is 2.92. The number of hydrogen-bond acceptors (Lipinski definition) is 2. The zero-order chi connectivity index (χ0) is 15.5. The number of benzene rings is 2. The fraction of sp³-hybridized carbons (Fsp3) is 0.118. The highest BCUT2D eigenvalue weighted by Crippen LogP contribution is 2.23. The predicted octanol–water partition coefficient (Wildman–Crippen LogP) is 4.07. The highest BCUT2D eigenvalue weighted by atomic mass is 35.5. The molecule has 2 aromatic carbocycles. The Kier molecular flexibility index (Phi) is 4.02. The van der Waals surface area contributed by atoms with Crippen molar-refractivity contribution in [2.75, 3.05) is 6.61 Å². The topological polar surface area (TPSA) is 51.5 Å². The van der Waals surface area contributed by atoms with Crippen LogP contribution in [0.25, 0.3) is 10.9 Å². The minimum Gasteiger partial charge on any atom is -0.490 e. The summed E-state index contributed by atoms with van der Waals surface area (Å²) in [4.78, 5) is 11.1. The molecule has 22 heavy (non-hydrogen) atoms. The van der Waals surface area contributed by atoms with Crippen LogP contribution in [0.5, 0.6) is 5.75 Å². The fourth-order valence-corrected chi connectivity index (χ4v) is 2.52. The van der Waals surface area contributed by atoms with Crippen LogP contribution >= 0.6 is 11.6 Å². The second-order valence-corrected chi connectivity index (χ2v) is 5.27. The van der Waals surface area contributed by atoms with E-state index in [4.69, 9.17) is 21.4 Å². The van der Waals surface area contributed by atoms with Crippen LogP contribution in [0, 0.1) is 0 Å². The molecule has 5 heteroatoms. The molecule has 0 spiro atoms. The number of carboxylic acid groups (broad SMARTS) is 1. The maximum atomic E-state index is 11.1. The summed E-state index contributed by atoms with van der Waals surface area (Å²) in [6.07, 6.45) is 1.92. The molecule has 3 rings (SSSR count). The molecule has 1 aromatic heterocycles. The minimum absolute atomic E-state index is 0.277. The van der Waals surface area contributed by atoms with Crippen LogP contribution in [0.3, 0.4) is 0 Å². The van der Waals surface area contributed by atoms with Gasteiger partial charge in [0.2, 0.25) is 0 Å². The van der Waals surface area contributed by atoms with Gasteiger partial charge in [-0.3, -0.25) is 0 Å². The van der Waals surface area contributed by atoms with Gasteiger partial charge in [-0.2, -0.15) is 0 Å². The molecule has 0 bridgehead atoms. The lowest BCUT2D eigenvalue weighted by Gasteiger charge is -2.09. The maximum absolute atomic E-state index is 11.1. The molecule has 3 aromatic rings. The summed E-state index contributed by atoms with van der Waals surface area (Å²) in [5, 5.41) is 10.7. The van der Waals surface area contributed by atoms with Gasteiger partial charge in [0.05, 0.1) is 17.1 Å². The molecule has 0 saturated carbocycles. The van der Waals surface area contributed by atoms with E-state index in [2.05, 4.69) is 0 Å². The summed E-state index contributed by atoms with van der Waals surface area (Å²) in [7, 11) is 0. The first kappa shape index (κ1) is 14.5. The Bertz CT molecular complexity index is 826. The summed E-state index contributed by atoms with van der Waals surface area (Å²) in [6, 6.07) is 14.4. The van der Waals surface area contributed by atoms with Crippen molar-refractivity contribution >= 4 is 28.5 Å². The molecular weight excluding hydrogens is 302 g/mol. The normalized spacial score (nSPS) is 10.8. The summed E-state index contributed by atoms with van der Waals surface area (Å²) < 4.78 is 7.64. The van der Waals surface area contributed by atoms with Crippen molar-refractivity contribution in [3.05, 3.63) is 65.3 Å². The van der Waals surface area contributed by atoms with Crippen molar-refractivity contribution in [1.82, 2.24) is 4.57 Å². The first-order chi connectivity index (χ1) is 10.6. The number of rotatable bonds is 5. The van der Waals surface area contributed by atoms with Crippen LogP contribution in [0.15, 0.2) is 54.7 Å². The van der Waals surface area contributed by atoms with Crippen LogP contribution in [-0.2, 0) is 6.54 Å². The van der Waals surface area contributed by atoms with E-state index in [-0.39, 0.29) is 5.56 Å². The van der Waals surface area contributed by atoms with Gasteiger partial charge in [-0.15, -0.1) is 0 Å². The van der Waals surface area contributed by atoms with E-state index in [1.165, 1.54) is 0 Å². The smallest absolute Gasteiger partial charge is 0.335 e. The van der Waals surface area contributed by atoms with Gasteiger partial charge in [0.25, 0.3) is 0 Å². The molecule has 0 aliphatic heterocycles. The van der Waals surface area contributed by atoms with Gasteiger partial charge in [-0.05, 0) is 35.7 Å². The van der Waals surface area contributed by atoms with Crippen molar-refractivity contribution in [3.63, 3.8) is 0 Å². The zero-order valence-electron chi connectivity index (χ0n) is 11.7. The lowest BCUT2D eigenvalue weighted by atomic mass is 10.2. The quantitative estimate of drug-likeness (QED) is 0.772. The summed E-state index contributed by atoms with van der Waals surface area (Å²) in [6.45, 7) is 1.06. The van der Waals surface area contributed by atoms with Crippen LogP contribution in [0.1, 0.15) is 10.4 Å². The number of ether oxygens (including phenoxy) is 1. The molecule has 0 aliphatic rings. The number of fused-ring (bicyclic) bond motifs is 1. The van der Waals surface area contributed by atoms with Crippen molar-refractivity contribution < 1.29 is 14.6 Å². The number of hydrogen-bond donors (Lipinski definition) is 1. The van der Waals surface area contributed by atoms with Crippen molar-refractivity contribution in [2.45, 2.75) is 6.54 Å². The van der Waals surface area contributed by atoms with Gasteiger partial charge in [0.1, 0.15) is 12.4 Å². The maximum Gasteiger partial charge on any atom is 0.335 e. The molecule has 0 radical (unpaired) electrons. The van der Waals surface area contributed by atoms with E-state index in [0.29, 0.717) is 23.9 Å². The van der Waals surface area contributed by atoms with Crippen molar-refractivity contribution in [3.8, 4) is 5.75 Å².